The average Bonchev–Trinajstić information content (AvgIpc) is 3.13. The van der Waals surface area contributed by atoms with Crippen LogP contribution in [-0.2, 0) is 9.59 Å². The summed E-state index contributed by atoms with van der Waals surface area (Å²) in [5.41, 5.74) is 1.77. The number of carbonyl (C=O) groups excluding carboxylic acids is 1. The van der Waals surface area contributed by atoms with Crippen molar-refractivity contribution in [3.63, 3.8) is 0 Å². The van der Waals surface area contributed by atoms with E-state index in [1.165, 1.54) is 0 Å². The Kier molecular flexibility index (Phi) is 5.71. The zero-order valence-electron chi connectivity index (χ0n) is 15.3. The first-order chi connectivity index (χ1) is 12.9. The second-order valence-corrected chi connectivity index (χ2v) is 7.28. The number of amides is 1. The van der Waals surface area contributed by atoms with E-state index in [4.69, 9.17) is 16.3 Å². The molecule has 3 rings (SSSR count). The molecule has 5 nitrogen and oxygen atoms in total. The van der Waals surface area contributed by atoms with Crippen molar-refractivity contribution < 1.29 is 19.4 Å². The number of carboxylic acid groups (broad SMARTS) is 1. The molecule has 1 unspecified atom stereocenters. The molecule has 1 aliphatic rings. The maximum atomic E-state index is 13.0. The van der Waals surface area contributed by atoms with Gasteiger partial charge in [0.2, 0.25) is 5.91 Å². The molecule has 0 aliphatic carbocycles. The van der Waals surface area contributed by atoms with Crippen molar-refractivity contribution >= 4 is 23.5 Å². The van der Waals surface area contributed by atoms with Crippen molar-refractivity contribution in [3.8, 4) is 5.75 Å². The summed E-state index contributed by atoms with van der Waals surface area (Å²) in [5.74, 6) is -1.45. The lowest BCUT2D eigenvalue weighted by molar-refractivity contribution is -0.141. The van der Waals surface area contributed by atoms with Gasteiger partial charge in [0.1, 0.15) is 5.75 Å². The number of carbonyl (C=O) groups is 2. The van der Waals surface area contributed by atoms with Gasteiger partial charge in [-0.05, 0) is 42.3 Å². The number of nitrogens with zero attached hydrogens (tertiary/aromatic N) is 1. The van der Waals surface area contributed by atoms with Crippen LogP contribution in [0.1, 0.15) is 29.9 Å². The molecule has 0 saturated carbocycles. The maximum Gasteiger partial charge on any atom is 0.308 e. The zero-order valence-corrected chi connectivity index (χ0v) is 16.0. The van der Waals surface area contributed by atoms with Gasteiger partial charge in [0.15, 0.2) is 0 Å². The number of hydrogen-bond donors (Lipinski definition) is 1. The molecule has 6 heteroatoms. The minimum Gasteiger partial charge on any atom is -0.497 e. The summed E-state index contributed by atoms with van der Waals surface area (Å²) < 4.78 is 5.15. The van der Waals surface area contributed by atoms with Crippen LogP contribution in [0.25, 0.3) is 0 Å². The fraction of sp³-hybridized carbons (Fsp3) is 0.333. The summed E-state index contributed by atoms with van der Waals surface area (Å²) in [6, 6.07) is 14.5. The van der Waals surface area contributed by atoms with Crippen molar-refractivity contribution in [2.24, 2.45) is 5.92 Å². The van der Waals surface area contributed by atoms with Crippen molar-refractivity contribution in [1.29, 1.82) is 0 Å². The monoisotopic (exact) mass is 387 g/mol. The zero-order chi connectivity index (χ0) is 19.6. The van der Waals surface area contributed by atoms with Crippen molar-refractivity contribution in [2.75, 3.05) is 20.2 Å². The standard InChI is InChI=1S/C21H22ClNO4/c1-13(14-5-9-17(27-2)10-6-14)20(24)23-11-18(19(12-23)21(25)26)15-3-7-16(22)8-4-15/h3-10,13,18-19H,11-12H2,1-2H3,(H,25,26)/t13?,18-,19+/m0/s1. The van der Waals surface area contributed by atoms with Gasteiger partial charge in [0.05, 0.1) is 18.9 Å². The van der Waals surface area contributed by atoms with Crippen molar-refractivity contribution in [1.82, 2.24) is 4.90 Å². The number of ether oxygens (including phenoxy) is 1. The van der Waals surface area contributed by atoms with Gasteiger partial charge in [-0.1, -0.05) is 35.9 Å². The number of likely N-dealkylation sites (tertiary alicyclic amines) is 1. The molecular weight excluding hydrogens is 366 g/mol. The quantitative estimate of drug-likeness (QED) is 0.847. The van der Waals surface area contributed by atoms with E-state index in [1.54, 1.807) is 24.1 Å². The molecule has 1 saturated heterocycles. The molecule has 0 bridgehead atoms. The van der Waals surface area contributed by atoms with Crippen LogP contribution in [-0.4, -0.2) is 42.1 Å². The van der Waals surface area contributed by atoms with Gasteiger partial charge in [-0.2, -0.15) is 0 Å². The molecule has 1 heterocycles. The van der Waals surface area contributed by atoms with Crippen LogP contribution in [0, 0.1) is 5.92 Å². The molecule has 1 N–H and O–H groups in total. The number of carboxylic acids is 1. The van der Waals surface area contributed by atoms with Gasteiger partial charge in [-0.15, -0.1) is 0 Å². The molecule has 1 amide bonds. The Morgan fingerprint density at radius 3 is 2.30 bits per heavy atom. The SMILES string of the molecule is COc1ccc(C(C)C(=O)N2C[C@@H](C(=O)O)[C@H](c3ccc(Cl)cc3)C2)cc1. The summed E-state index contributed by atoms with van der Waals surface area (Å²) in [7, 11) is 1.59. The maximum absolute atomic E-state index is 13.0. The summed E-state index contributed by atoms with van der Waals surface area (Å²) in [6.07, 6.45) is 0. The minimum absolute atomic E-state index is 0.0668. The first-order valence-electron chi connectivity index (χ1n) is 8.81. The van der Waals surface area contributed by atoms with Crippen LogP contribution in [0.3, 0.4) is 0 Å². The van der Waals surface area contributed by atoms with Crippen LogP contribution < -0.4 is 4.74 Å². The Labute approximate surface area is 163 Å². The number of aliphatic carboxylic acids is 1. The fourth-order valence-corrected chi connectivity index (χ4v) is 3.72. The molecule has 0 aromatic heterocycles. The second kappa shape index (κ2) is 8.01. The van der Waals surface area contributed by atoms with Gasteiger partial charge < -0.3 is 14.7 Å². The van der Waals surface area contributed by atoms with E-state index in [-0.39, 0.29) is 24.3 Å². The van der Waals surface area contributed by atoms with Crippen LogP contribution in [0.2, 0.25) is 5.02 Å². The minimum atomic E-state index is -0.887. The highest BCUT2D eigenvalue weighted by atomic mass is 35.5. The number of rotatable bonds is 5. The summed E-state index contributed by atoms with van der Waals surface area (Å²) in [4.78, 5) is 26.4. The van der Waals surface area contributed by atoms with E-state index in [0.29, 0.717) is 11.6 Å². The highest BCUT2D eigenvalue weighted by Gasteiger charge is 2.41. The van der Waals surface area contributed by atoms with E-state index >= 15 is 0 Å². The number of benzene rings is 2. The molecule has 1 aliphatic heterocycles. The summed E-state index contributed by atoms with van der Waals surface area (Å²) >= 11 is 5.94. The topological polar surface area (TPSA) is 66.8 Å². The Morgan fingerprint density at radius 1 is 1.11 bits per heavy atom. The normalized spacial score (nSPS) is 20.3. The van der Waals surface area contributed by atoms with E-state index < -0.39 is 11.9 Å². The molecule has 27 heavy (non-hydrogen) atoms. The second-order valence-electron chi connectivity index (χ2n) is 6.84. The van der Waals surface area contributed by atoms with E-state index in [0.717, 1.165) is 16.9 Å². The van der Waals surface area contributed by atoms with Gasteiger partial charge in [-0.25, -0.2) is 0 Å². The Bertz CT molecular complexity index is 819. The Morgan fingerprint density at radius 2 is 1.74 bits per heavy atom. The molecule has 0 radical (unpaired) electrons. The summed E-state index contributed by atoms with van der Waals surface area (Å²) in [5, 5.41) is 10.2. The van der Waals surface area contributed by atoms with E-state index in [1.807, 2.05) is 43.3 Å². The molecule has 2 aromatic carbocycles. The van der Waals surface area contributed by atoms with E-state index in [2.05, 4.69) is 0 Å². The predicted octanol–water partition coefficient (Wildman–Crippen LogP) is 3.78. The third kappa shape index (κ3) is 4.08. The fourth-order valence-electron chi connectivity index (χ4n) is 3.59. The lowest BCUT2D eigenvalue weighted by atomic mass is 9.89. The largest absolute Gasteiger partial charge is 0.497 e. The molecule has 2 aromatic rings. The third-order valence-corrected chi connectivity index (χ3v) is 5.49. The first-order valence-corrected chi connectivity index (χ1v) is 9.19. The number of halogens is 1. The Balaban J connectivity index is 1.78. The smallest absolute Gasteiger partial charge is 0.308 e. The summed E-state index contributed by atoms with van der Waals surface area (Å²) in [6.45, 7) is 2.44. The van der Waals surface area contributed by atoms with Crippen LogP contribution in [0.4, 0.5) is 0 Å². The van der Waals surface area contributed by atoms with Gasteiger partial charge in [0.25, 0.3) is 0 Å². The highest BCUT2D eigenvalue weighted by Crippen LogP contribution is 2.35. The average molecular weight is 388 g/mol. The first kappa shape index (κ1) is 19.2. The van der Waals surface area contributed by atoms with Gasteiger partial charge >= 0.3 is 5.97 Å². The molecule has 3 atom stereocenters. The van der Waals surface area contributed by atoms with Crippen molar-refractivity contribution in [3.05, 3.63) is 64.7 Å². The predicted molar refractivity (Wildman–Crippen MR) is 103 cm³/mol. The third-order valence-electron chi connectivity index (χ3n) is 5.23. The van der Waals surface area contributed by atoms with Crippen molar-refractivity contribution in [2.45, 2.75) is 18.8 Å². The van der Waals surface area contributed by atoms with Crippen LogP contribution in [0.15, 0.2) is 48.5 Å². The lowest BCUT2D eigenvalue weighted by Gasteiger charge is -2.21. The molecule has 142 valence electrons. The van der Waals surface area contributed by atoms with Gasteiger partial charge in [0, 0.05) is 24.0 Å². The van der Waals surface area contributed by atoms with Crippen LogP contribution in [0.5, 0.6) is 5.75 Å². The van der Waals surface area contributed by atoms with E-state index in [9.17, 15) is 14.7 Å². The highest BCUT2D eigenvalue weighted by molar-refractivity contribution is 6.30. The Hall–Kier alpha value is -2.53. The number of hydrogen-bond acceptors (Lipinski definition) is 3. The van der Waals surface area contributed by atoms with Gasteiger partial charge in [-0.3, -0.25) is 9.59 Å². The number of methoxy groups -OCH3 is 1. The molecular formula is C21H22ClNO4. The molecule has 0 spiro atoms. The lowest BCUT2D eigenvalue weighted by Crippen LogP contribution is -2.33. The molecule has 1 fully saturated rings. The van der Waals surface area contributed by atoms with Crippen LogP contribution >= 0.6 is 11.6 Å².